The monoisotopic (exact) mass is 358 g/mol. The van der Waals surface area contributed by atoms with Gasteiger partial charge in [-0.1, -0.05) is 30.3 Å². The van der Waals surface area contributed by atoms with Gasteiger partial charge < -0.3 is 14.8 Å². The van der Waals surface area contributed by atoms with E-state index in [1.165, 1.54) is 0 Å². The van der Waals surface area contributed by atoms with E-state index >= 15 is 0 Å². The fraction of sp³-hybridized carbons (Fsp3) is 0.308. The number of amides is 2. The summed E-state index contributed by atoms with van der Waals surface area (Å²) in [4.78, 5) is 35.1. The molecule has 1 aromatic rings. The summed E-state index contributed by atoms with van der Waals surface area (Å²) < 4.78 is 40.3. The Morgan fingerprint density at radius 3 is 2.46 bits per heavy atom. The molecule has 2 N–H and O–H groups in total. The Morgan fingerprint density at radius 2 is 1.92 bits per heavy atom. The summed E-state index contributed by atoms with van der Waals surface area (Å²) >= 11 is 0. The predicted octanol–water partition coefficient (Wildman–Crippen LogP) is -0.532. The van der Waals surface area contributed by atoms with Crippen LogP contribution in [0, 0.1) is 0 Å². The Bertz CT molecular complexity index is 748. The van der Waals surface area contributed by atoms with Crippen LogP contribution in [0.2, 0.25) is 0 Å². The van der Waals surface area contributed by atoms with Crippen LogP contribution in [0.3, 0.4) is 0 Å². The highest BCUT2D eigenvalue weighted by atomic mass is 32.2. The molecule has 0 aromatic heterocycles. The smallest absolute Gasteiger partial charge is 0.408 e. The van der Waals surface area contributed by atoms with E-state index in [-0.39, 0.29) is 10.9 Å². The largest absolute Gasteiger partial charge is 0.467 e. The lowest BCUT2D eigenvalue weighted by Gasteiger charge is -2.41. The number of nitrogens with zero attached hydrogens (tertiary/aromatic N) is 1. The van der Waals surface area contributed by atoms with Gasteiger partial charge in [0, 0.05) is 0 Å². The summed E-state index contributed by atoms with van der Waals surface area (Å²) in [6.07, 6.45) is -1.03. The molecule has 1 aliphatic rings. The van der Waals surface area contributed by atoms with Crippen molar-refractivity contribution in [2.45, 2.75) is 18.7 Å². The molecule has 1 saturated heterocycles. The molecule has 2 atom stereocenters. The molecular formula is C13H14N2O8S. The number of methoxy groups -OCH3 is 1. The maximum absolute atomic E-state index is 11.8. The van der Waals surface area contributed by atoms with Crippen molar-refractivity contribution < 1.29 is 36.8 Å². The third-order valence-electron chi connectivity index (χ3n) is 3.23. The van der Waals surface area contributed by atoms with Crippen molar-refractivity contribution in [2.75, 3.05) is 7.11 Å². The van der Waals surface area contributed by atoms with Crippen molar-refractivity contribution in [3.05, 3.63) is 35.9 Å². The molecule has 0 radical (unpaired) electrons. The molecule has 0 unspecified atom stereocenters. The van der Waals surface area contributed by atoms with Crippen LogP contribution in [0.5, 0.6) is 0 Å². The number of benzene rings is 1. The predicted molar refractivity (Wildman–Crippen MR) is 77.7 cm³/mol. The van der Waals surface area contributed by atoms with Crippen molar-refractivity contribution in [1.29, 1.82) is 0 Å². The number of hydrogen-bond donors (Lipinski definition) is 2. The first-order valence-electron chi connectivity index (χ1n) is 6.61. The third-order valence-corrected chi connectivity index (χ3v) is 4.13. The third kappa shape index (κ3) is 3.63. The van der Waals surface area contributed by atoms with Gasteiger partial charge in [-0.15, -0.1) is 0 Å². The lowest BCUT2D eigenvalue weighted by molar-refractivity contribution is -0.161. The van der Waals surface area contributed by atoms with Crippen molar-refractivity contribution in [2.24, 2.45) is 0 Å². The Morgan fingerprint density at radius 1 is 1.29 bits per heavy atom. The fourth-order valence-corrected chi connectivity index (χ4v) is 2.94. The van der Waals surface area contributed by atoms with E-state index in [2.05, 4.69) is 10.1 Å². The van der Waals surface area contributed by atoms with Gasteiger partial charge >= 0.3 is 22.4 Å². The number of hydrogen-bond acceptors (Lipinski definition) is 7. The van der Waals surface area contributed by atoms with Crippen LogP contribution in [0.4, 0.5) is 4.79 Å². The second-order valence-electron chi connectivity index (χ2n) is 4.76. The lowest BCUT2D eigenvalue weighted by Crippen LogP contribution is -2.74. The molecule has 2 rings (SSSR count). The first-order chi connectivity index (χ1) is 11.3. The summed E-state index contributed by atoms with van der Waals surface area (Å²) in [5.41, 5.74) is 0.691. The summed E-state index contributed by atoms with van der Waals surface area (Å²) in [6, 6.07) is 5.47. The second-order valence-corrected chi connectivity index (χ2v) is 6.05. The molecule has 24 heavy (non-hydrogen) atoms. The van der Waals surface area contributed by atoms with Crippen molar-refractivity contribution in [1.82, 2.24) is 9.62 Å². The van der Waals surface area contributed by atoms with Gasteiger partial charge in [-0.05, 0) is 5.56 Å². The van der Waals surface area contributed by atoms with Crippen LogP contribution in [0.1, 0.15) is 5.56 Å². The van der Waals surface area contributed by atoms with Gasteiger partial charge in [0.15, 0.2) is 6.04 Å². The van der Waals surface area contributed by atoms with Gasteiger partial charge in [-0.3, -0.25) is 9.35 Å². The summed E-state index contributed by atoms with van der Waals surface area (Å²) in [5.74, 6) is -2.29. The number of carbonyl (C=O) groups excluding carboxylic acids is 3. The molecule has 0 saturated carbocycles. The number of rotatable bonds is 5. The van der Waals surface area contributed by atoms with E-state index in [9.17, 15) is 22.8 Å². The number of ether oxygens (including phenoxy) is 2. The topological polar surface area (TPSA) is 139 Å². The van der Waals surface area contributed by atoms with Gasteiger partial charge in [0.05, 0.1) is 7.11 Å². The van der Waals surface area contributed by atoms with E-state index < -0.39 is 40.4 Å². The molecule has 0 spiro atoms. The van der Waals surface area contributed by atoms with Gasteiger partial charge in [0.1, 0.15) is 12.6 Å². The number of β-lactam (4-membered cyclic amide) rings is 1. The zero-order chi connectivity index (χ0) is 17.9. The van der Waals surface area contributed by atoms with Crippen molar-refractivity contribution >= 4 is 28.3 Å². The molecule has 0 aliphatic carbocycles. The maximum Gasteiger partial charge on any atom is 0.408 e. The summed E-state index contributed by atoms with van der Waals surface area (Å²) in [7, 11) is -3.98. The Hall–Kier alpha value is -2.66. The van der Waals surface area contributed by atoms with Crippen LogP contribution in [0.15, 0.2) is 30.3 Å². The molecule has 11 heteroatoms. The van der Waals surface area contributed by atoms with Gasteiger partial charge in [0.25, 0.3) is 5.91 Å². The van der Waals surface area contributed by atoms with E-state index in [0.29, 0.717) is 5.56 Å². The van der Waals surface area contributed by atoms with E-state index in [1.807, 2.05) is 0 Å². The van der Waals surface area contributed by atoms with Crippen LogP contribution in [-0.4, -0.2) is 54.4 Å². The Kier molecular flexibility index (Phi) is 5.04. The minimum Gasteiger partial charge on any atom is -0.467 e. The molecule has 1 aliphatic heterocycles. The van der Waals surface area contributed by atoms with E-state index in [0.717, 1.165) is 7.11 Å². The highest BCUT2D eigenvalue weighted by Crippen LogP contribution is 2.24. The van der Waals surface area contributed by atoms with Crippen LogP contribution < -0.4 is 5.32 Å². The van der Waals surface area contributed by atoms with Crippen molar-refractivity contribution in [3.8, 4) is 0 Å². The Labute approximate surface area is 137 Å². The summed E-state index contributed by atoms with van der Waals surface area (Å²) in [6.45, 7) is -0.0848. The lowest BCUT2D eigenvalue weighted by atomic mass is 9.99. The average Bonchev–Trinajstić information content (AvgIpc) is 2.54. The first-order valence-corrected chi connectivity index (χ1v) is 8.01. The molecule has 0 bridgehead atoms. The standard InChI is InChI=1S/C13H14N2O8S/c1-22-12(17)10-9(11(16)15(10)24(19,20)21)14-13(18)23-7-8-5-3-2-4-6-8/h2-6,9-10H,7H2,1H3,(H,14,18)(H,19,20,21)/t9-,10-/m1/s1. The van der Waals surface area contributed by atoms with Crippen LogP contribution >= 0.6 is 0 Å². The van der Waals surface area contributed by atoms with E-state index in [4.69, 9.17) is 9.29 Å². The van der Waals surface area contributed by atoms with Gasteiger partial charge in [0.2, 0.25) is 0 Å². The molecular weight excluding hydrogens is 344 g/mol. The summed E-state index contributed by atoms with van der Waals surface area (Å²) in [5, 5.41) is 2.08. The average molecular weight is 358 g/mol. The SMILES string of the molecule is COC(=O)[C@H]1[C@@H](NC(=O)OCc2ccccc2)C(=O)N1S(=O)(=O)O. The highest BCUT2D eigenvalue weighted by Gasteiger charge is 2.58. The molecule has 1 fully saturated rings. The molecule has 130 valence electrons. The number of alkyl carbamates (subject to hydrolysis) is 1. The van der Waals surface area contributed by atoms with Gasteiger partial charge in [-0.25, -0.2) is 9.59 Å². The quantitative estimate of drug-likeness (QED) is 0.407. The zero-order valence-electron chi connectivity index (χ0n) is 12.4. The fourth-order valence-electron chi connectivity index (χ4n) is 2.10. The zero-order valence-corrected chi connectivity index (χ0v) is 13.2. The highest BCUT2D eigenvalue weighted by molar-refractivity contribution is 7.84. The molecule has 2 amide bonds. The molecule has 10 nitrogen and oxygen atoms in total. The number of carbonyl (C=O) groups is 3. The van der Waals surface area contributed by atoms with Crippen LogP contribution in [0.25, 0.3) is 0 Å². The van der Waals surface area contributed by atoms with Crippen LogP contribution in [-0.2, 0) is 36.0 Å². The number of esters is 1. The second kappa shape index (κ2) is 6.84. The van der Waals surface area contributed by atoms with E-state index in [1.54, 1.807) is 30.3 Å². The Balaban J connectivity index is 2.01. The number of nitrogens with one attached hydrogen (secondary N) is 1. The molecule has 1 aromatic carbocycles. The minimum absolute atomic E-state index is 0.0685. The normalized spacial score (nSPS) is 20.1. The minimum atomic E-state index is -4.95. The van der Waals surface area contributed by atoms with Gasteiger partial charge in [-0.2, -0.15) is 12.7 Å². The molecule has 1 heterocycles. The maximum atomic E-state index is 11.8. The van der Waals surface area contributed by atoms with Crippen molar-refractivity contribution in [3.63, 3.8) is 0 Å². The first kappa shape index (κ1) is 17.7.